The van der Waals surface area contributed by atoms with Gasteiger partial charge >= 0.3 is 0 Å². The van der Waals surface area contributed by atoms with Crippen molar-refractivity contribution in [2.75, 3.05) is 0 Å². The van der Waals surface area contributed by atoms with Gasteiger partial charge in [0.1, 0.15) is 0 Å². The molecule has 20 heavy (non-hydrogen) atoms. The molecule has 0 radical (unpaired) electrons. The minimum atomic E-state index is -0.119. The molecule has 3 rings (SSSR count). The molecule has 2 unspecified atom stereocenters. The summed E-state index contributed by atoms with van der Waals surface area (Å²) < 4.78 is 0. The Morgan fingerprint density at radius 3 is 1.90 bits per heavy atom. The van der Waals surface area contributed by atoms with Crippen LogP contribution in [-0.2, 0) is 0 Å². The van der Waals surface area contributed by atoms with Gasteiger partial charge in [0, 0.05) is 6.04 Å². The van der Waals surface area contributed by atoms with E-state index in [9.17, 15) is 9.59 Å². The van der Waals surface area contributed by atoms with Crippen molar-refractivity contribution in [2.24, 2.45) is 17.3 Å². The number of hydrogen-bond donors (Lipinski definition) is 0. The predicted octanol–water partition coefficient (Wildman–Crippen LogP) is 3.35. The molecule has 3 heteroatoms. The van der Waals surface area contributed by atoms with Crippen molar-refractivity contribution < 1.29 is 9.59 Å². The largest absolute Gasteiger partial charge is 0.271 e. The number of carbonyl (C=O) groups is 2. The monoisotopic (exact) mass is 271 g/mol. The first-order chi connectivity index (χ1) is 9.34. The lowest BCUT2D eigenvalue weighted by atomic mass is 9.93. The smallest absolute Gasteiger partial charge is 0.261 e. The van der Waals surface area contributed by atoms with Crippen molar-refractivity contribution in [3.8, 4) is 0 Å². The topological polar surface area (TPSA) is 37.4 Å². The van der Waals surface area contributed by atoms with Crippen LogP contribution in [0.15, 0.2) is 24.3 Å². The molecule has 0 saturated heterocycles. The van der Waals surface area contributed by atoms with E-state index in [1.54, 1.807) is 12.1 Å². The lowest BCUT2D eigenvalue weighted by Gasteiger charge is -2.31. The number of imide groups is 1. The van der Waals surface area contributed by atoms with Crippen LogP contribution in [0.1, 0.15) is 54.8 Å². The van der Waals surface area contributed by atoms with Crippen LogP contribution in [0.3, 0.4) is 0 Å². The summed E-state index contributed by atoms with van der Waals surface area (Å²) in [5.41, 5.74) is 1.35. The van der Waals surface area contributed by atoms with E-state index < -0.39 is 0 Å². The highest BCUT2D eigenvalue weighted by molar-refractivity contribution is 6.21. The second kappa shape index (κ2) is 4.18. The van der Waals surface area contributed by atoms with Crippen LogP contribution in [0.4, 0.5) is 0 Å². The number of rotatable bonds is 3. The molecule has 106 valence electrons. The summed E-state index contributed by atoms with van der Waals surface area (Å²) in [5, 5.41) is 0. The SMILES string of the molecule is CC(C)C(C1CC1(C)C)N1C(=O)c2ccccc2C1=O. The minimum absolute atomic E-state index is 0.0115. The standard InChI is InChI=1S/C17H21NO2/c1-10(2)14(13-9-17(13,3)4)18-15(19)11-7-5-6-8-12(11)16(18)20/h5-8,10,13-14H,9H2,1-4H3. The summed E-state index contributed by atoms with van der Waals surface area (Å²) in [6.45, 7) is 8.63. The quantitative estimate of drug-likeness (QED) is 0.791. The molecule has 0 N–H and O–H groups in total. The van der Waals surface area contributed by atoms with E-state index >= 15 is 0 Å². The van der Waals surface area contributed by atoms with Crippen LogP contribution >= 0.6 is 0 Å². The number of carbonyl (C=O) groups excluding carboxylic acids is 2. The highest BCUT2D eigenvalue weighted by Gasteiger charge is 2.56. The summed E-state index contributed by atoms with van der Waals surface area (Å²) in [6, 6.07) is 7.16. The molecule has 1 fully saturated rings. The zero-order valence-corrected chi connectivity index (χ0v) is 12.5. The number of nitrogens with zero attached hydrogens (tertiary/aromatic N) is 1. The summed E-state index contributed by atoms with van der Waals surface area (Å²) >= 11 is 0. The van der Waals surface area contributed by atoms with Crippen LogP contribution < -0.4 is 0 Å². The first-order valence-electron chi connectivity index (χ1n) is 7.31. The zero-order valence-electron chi connectivity index (χ0n) is 12.5. The Balaban J connectivity index is 1.99. The Morgan fingerprint density at radius 2 is 1.55 bits per heavy atom. The molecule has 1 aromatic rings. The minimum Gasteiger partial charge on any atom is -0.271 e. The van der Waals surface area contributed by atoms with Gasteiger partial charge in [-0.2, -0.15) is 0 Å². The van der Waals surface area contributed by atoms with Gasteiger partial charge in [0.2, 0.25) is 0 Å². The van der Waals surface area contributed by atoms with Gasteiger partial charge < -0.3 is 0 Å². The van der Waals surface area contributed by atoms with E-state index in [0.717, 1.165) is 6.42 Å². The molecule has 1 aliphatic heterocycles. The van der Waals surface area contributed by atoms with Crippen molar-refractivity contribution in [1.29, 1.82) is 0 Å². The van der Waals surface area contributed by atoms with Crippen molar-refractivity contribution in [2.45, 2.75) is 40.2 Å². The summed E-state index contributed by atoms with van der Waals surface area (Å²) in [7, 11) is 0. The molecule has 2 amide bonds. The van der Waals surface area contributed by atoms with Crippen LogP contribution in [-0.4, -0.2) is 22.8 Å². The number of amides is 2. The van der Waals surface area contributed by atoms with Crippen LogP contribution in [0, 0.1) is 17.3 Å². The molecule has 1 heterocycles. The van der Waals surface area contributed by atoms with Gasteiger partial charge in [-0.25, -0.2) is 0 Å². The fourth-order valence-electron chi connectivity index (χ4n) is 3.51. The van der Waals surface area contributed by atoms with E-state index in [2.05, 4.69) is 27.7 Å². The molecular weight excluding hydrogens is 250 g/mol. The van der Waals surface area contributed by atoms with Gasteiger partial charge in [0.25, 0.3) is 11.8 Å². The lowest BCUT2D eigenvalue weighted by molar-refractivity contribution is 0.0500. The first kappa shape index (κ1) is 13.3. The Bertz CT molecular complexity index is 553. The average Bonchev–Trinajstić information content (AvgIpc) is 2.93. The second-order valence-electron chi connectivity index (χ2n) is 7.06. The van der Waals surface area contributed by atoms with Gasteiger partial charge in [-0.15, -0.1) is 0 Å². The maximum Gasteiger partial charge on any atom is 0.261 e. The molecule has 0 spiro atoms. The van der Waals surface area contributed by atoms with Gasteiger partial charge in [-0.3, -0.25) is 14.5 Å². The van der Waals surface area contributed by atoms with E-state index in [1.165, 1.54) is 4.90 Å². The third kappa shape index (κ3) is 1.80. The molecule has 2 atom stereocenters. The Kier molecular flexibility index (Phi) is 2.79. The Labute approximate surface area is 120 Å². The number of fused-ring (bicyclic) bond motifs is 1. The molecule has 0 bridgehead atoms. The maximum atomic E-state index is 12.6. The fraction of sp³-hybridized carbons (Fsp3) is 0.529. The molecule has 2 aliphatic rings. The van der Waals surface area contributed by atoms with Gasteiger partial charge in [0.15, 0.2) is 0 Å². The van der Waals surface area contributed by atoms with Crippen molar-refractivity contribution in [1.82, 2.24) is 4.90 Å². The van der Waals surface area contributed by atoms with Gasteiger partial charge in [-0.05, 0) is 35.8 Å². The molecule has 1 aliphatic carbocycles. The molecule has 0 aromatic heterocycles. The third-order valence-electron chi connectivity index (χ3n) is 4.81. The maximum absolute atomic E-state index is 12.6. The second-order valence-corrected chi connectivity index (χ2v) is 7.06. The van der Waals surface area contributed by atoms with Gasteiger partial charge in [-0.1, -0.05) is 39.8 Å². The Morgan fingerprint density at radius 1 is 1.10 bits per heavy atom. The zero-order chi connectivity index (χ0) is 14.7. The van der Waals surface area contributed by atoms with Gasteiger partial charge in [0.05, 0.1) is 11.1 Å². The van der Waals surface area contributed by atoms with E-state index in [0.29, 0.717) is 17.0 Å². The number of hydrogen-bond acceptors (Lipinski definition) is 2. The third-order valence-corrected chi connectivity index (χ3v) is 4.81. The predicted molar refractivity (Wildman–Crippen MR) is 77.5 cm³/mol. The lowest BCUT2D eigenvalue weighted by Crippen LogP contribution is -2.45. The van der Waals surface area contributed by atoms with Crippen molar-refractivity contribution >= 4 is 11.8 Å². The highest BCUT2D eigenvalue weighted by Crippen LogP contribution is 2.56. The van der Waals surface area contributed by atoms with Crippen molar-refractivity contribution in [3.63, 3.8) is 0 Å². The van der Waals surface area contributed by atoms with E-state index in [4.69, 9.17) is 0 Å². The summed E-state index contributed by atoms with van der Waals surface area (Å²) in [6.07, 6.45) is 1.09. The van der Waals surface area contributed by atoms with Crippen LogP contribution in [0.25, 0.3) is 0 Å². The van der Waals surface area contributed by atoms with Crippen molar-refractivity contribution in [3.05, 3.63) is 35.4 Å². The summed E-state index contributed by atoms with van der Waals surface area (Å²) in [4.78, 5) is 26.7. The number of benzene rings is 1. The van der Waals surface area contributed by atoms with E-state index in [1.807, 2.05) is 12.1 Å². The van der Waals surface area contributed by atoms with Crippen LogP contribution in [0.5, 0.6) is 0 Å². The molecule has 3 nitrogen and oxygen atoms in total. The molecular formula is C17H21NO2. The normalized spacial score (nSPS) is 25.1. The van der Waals surface area contributed by atoms with Crippen LogP contribution in [0.2, 0.25) is 0 Å². The highest BCUT2D eigenvalue weighted by atomic mass is 16.2. The first-order valence-corrected chi connectivity index (χ1v) is 7.31. The average molecular weight is 271 g/mol. The summed E-state index contributed by atoms with van der Waals surface area (Å²) in [5.74, 6) is 0.465. The fourth-order valence-corrected chi connectivity index (χ4v) is 3.51. The van der Waals surface area contributed by atoms with E-state index in [-0.39, 0.29) is 29.2 Å². The molecule has 1 saturated carbocycles. The Hall–Kier alpha value is -1.64. The molecule has 1 aromatic carbocycles.